The molecule has 0 saturated heterocycles. The predicted molar refractivity (Wildman–Crippen MR) is 154 cm³/mol. The number of ether oxygens (including phenoxy) is 1. The van der Waals surface area contributed by atoms with Crippen molar-refractivity contribution in [3.63, 3.8) is 0 Å². The SMILES string of the molecule is CCCCCCCC[C@H]1CC[C@H]2[C@@H]3CC=C4C[C@@H](OC(=O)CC5CCCCC5)CC[C@]4(C)[C@H]3CC[C@]12C. The van der Waals surface area contributed by atoms with Crippen LogP contribution in [0.4, 0.5) is 0 Å². The van der Waals surface area contributed by atoms with Crippen LogP contribution in [0.1, 0.15) is 156 Å². The molecule has 2 heteroatoms. The number of carbonyl (C=O) groups is 1. The quantitative estimate of drug-likeness (QED) is 0.166. The number of allylic oxidation sites excluding steroid dienone is 1. The van der Waals surface area contributed by atoms with E-state index >= 15 is 0 Å². The molecule has 5 aliphatic carbocycles. The molecule has 0 aromatic carbocycles. The Morgan fingerprint density at radius 1 is 0.892 bits per heavy atom. The van der Waals surface area contributed by atoms with E-state index in [1.165, 1.54) is 116 Å². The van der Waals surface area contributed by atoms with Gasteiger partial charge in [0.05, 0.1) is 0 Å². The summed E-state index contributed by atoms with van der Waals surface area (Å²) >= 11 is 0. The molecule has 0 radical (unpaired) electrons. The van der Waals surface area contributed by atoms with E-state index in [0.717, 1.165) is 36.5 Å². The van der Waals surface area contributed by atoms with E-state index in [1.54, 1.807) is 5.57 Å². The van der Waals surface area contributed by atoms with E-state index in [1.807, 2.05) is 0 Å². The maximum atomic E-state index is 12.7. The Kier molecular flexibility index (Phi) is 9.13. The van der Waals surface area contributed by atoms with Crippen LogP contribution in [0.15, 0.2) is 11.6 Å². The summed E-state index contributed by atoms with van der Waals surface area (Å²) in [4.78, 5) is 12.7. The smallest absolute Gasteiger partial charge is 0.306 e. The molecule has 210 valence electrons. The third kappa shape index (κ3) is 5.89. The topological polar surface area (TPSA) is 26.3 Å². The van der Waals surface area contributed by atoms with Gasteiger partial charge in [-0.05, 0) is 105 Å². The van der Waals surface area contributed by atoms with Crippen LogP contribution in [-0.2, 0) is 9.53 Å². The highest BCUT2D eigenvalue weighted by Crippen LogP contribution is 2.66. The standard InChI is InChI=1S/C35H58O2/c1-4-5-6-7-8-12-15-27-17-19-31-30-18-16-28-25-29(37-33(36)24-26-13-10-9-11-14-26)20-22-35(28,3)32(30)21-23-34(27,31)2/h16,26-27,29-32H,4-15,17-25H2,1-3H3/t27-,29-,30-,31-,32-,34+,35-/m0/s1. The van der Waals surface area contributed by atoms with Crippen LogP contribution in [0.3, 0.4) is 0 Å². The summed E-state index contributed by atoms with van der Waals surface area (Å²) in [5, 5.41) is 0. The van der Waals surface area contributed by atoms with Crippen molar-refractivity contribution in [3.8, 4) is 0 Å². The van der Waals surface area contributed by atoms with Crippen molar-refractivity contribution >= 4 is 5.97 Å². The summed E-state index contributed by atoms with van der Waals surface area (Å²) in [5.41, 5.74) is 2.60. The van der Waals surface area contributed by atoms with E-state index in [4.69, 9.17) is 4.74 Å². The molecular formula is C35H58O2. The zero-order valence-corrected chi connectivity index (χ0v) is 24.7. The third-order valence-corrected chi connectivity index (χ3v) is 12.6. The fourth-order valence-electron chi connectivity index (χ4n) is 10.3. The van der Waals surface area contributed by atoms with Gasteiger partial charge < -0.3 is 4.74 Å². The molecule has 2 nitrogen and oxygen atoms in total. The maximum absolute atomic E-state index is 12.7. The molecule has 0 N–H and O–H groups in total. The fourth-order valence-corrected chi connectivity index (χ4v) is 10.3. The van der Waals surface area contributed by atoms with Crippen LogP contribution in [0.25, 0.3) is 0 Å². The van der Waals surface area contributed by atoms with Crippen molar-refractivity contribution < 1.29 is 9.53 Å². The van der Waals surface area contributed by atoms with Crippen LogP contribution in [-0.4, -0.2) is 12.1 Å². The van der Waals surface area contributed by atoms with Crippen LogP contribution in [0.2, 0.25) is 0 Å². The Balaban J connectivity index is 1.16. The van der Waals surface area contributed by atoms with Crippen molar-refractivity contribution in [2.24, 2.45) is 40.4 Å². The Bertz CT molecular complexity index is 793. The van der Waals surface area contributed by atoms with E-state index in [9.17, 15) is 4.79 Å². The zero-order chi connectivity index (χ0) is 25.9. The average molecular weight is 511 g/mol. The first-order chi connectivity index (χ1) is 17.9. The van der Waals surface area contributed by atoms with Crippen molar-refractivity contribution in [2.75, 3.05) is 0 Å². The molecule has 37 heavy (non-hydrogen) atoms. The van der Waals surface area contributed by atoms with Gasteiger partial charge in [-0.25, -0.2) is 0 Å². The Hall–Kier alpha value is -0.790. The van der Waals surface area contributed by atoms with Gasteiger partial charge in [-0.2, -0.15) is 0 Å². The minimum absolute atomic E-state index is 0.0885. The Morgan fingerprint density at radius 2 is 1.68 bits per heavy atom. The monoisotopic (exact) mass is 510 g/mol. The van der Waals surface area contributed by atoms with Gasteiger partial charge in [-0.3, -0.25) is 4.79 Å². The molecule has 0 aliphatic heterocycles. The molecule has 0 aromatic heterocycles. The summed E-state index contributed by atoms with van der Waals surface area (Å²) in [6.07, 6.45) is 30.4. The lowest BCUT2D eigenvalue weighted by molar-refractivity contribution is -0.152. The third-order valence-electron chi connectivity index (χ3n) is 12.6. The molecule has 0 spiro atoms. The van der Waals surface area contributed by atoms with Gasteiger partial charge in [0, 0.05) is 12.8 Å². The van der Waals surface area contributed by atoms with Gasteiger partial charge in [-0.15, -0.1) is 0 Å². The first-order valence-electron chi connectivity index (χ1n) is 16.8. The van der Waals surface area contributed by atoms with Crippen molar-refractivity contribution in [1.82, 2.24) is 0 Å². The second-order valence-corrected chi connectivity index (χ2v) is 14.7. The van der Waals surface area contributed by atoms with Crippen LogP contribution in [0, 0.1) is 40.4 Å². The second kappa shape index (κ2) is 12.2. The molecule has 0 bridgehead atoms. The van der Waals surface area contributed by atoms with Gasteiger partial charge in [0.2, 0.25) is 0 Å². The highest BCUT2D eigenvalue weighted by Gasteiger charge is 2.58. The Labute approximate surface area is 229 Å². The normalized spacial score (nSPS) is 39.9. The molecule has 4 fully saturated rings. The molecular weight excluding hydrogens is 452 g/mol. The molecule has 4 saturated carbocycles. The minimum Gasteiger partial charge on any atom is -0.462 e. The van der Waals surface area contributed by atoms with E-state index < -0.39 is 0 Å². The molecule has 0 unspecified atom stereocenters. The molecule has 5 rings (SSSR count). The van der Waals surface area contributed by atoms with Gasteiger partial charge in [-0.1, -0.05) is 90.2 Å². The molecule has 0 aromatic rings. The molecule has 5 aliphatic rings. The second-order valence-electron chi connectivity index (χ2n) is 14.7. The number of rotatable bonds is 10. The number of esters is 1. The van der Waals surface area contributed by atoms with Gasteiger partial charge in [0.1, 0.15) is 6.10 Å². The number of fused-ring (bicyclic) bond motifs is 5. The van der Waals surface area contributed by atoms with Gasteiger partial charge in [0.25, 0.3) is 0 Å². The lowest BCUT2D eigenvalue weighted by atomic mass is 9.47. The summed E-state index contributed by atoms with van der Waals surface area (Å²) in [6.45, 7) is 7.62. The lowest BCUT2D eigenvalue weighted by Gasteiger charge is -2.58. The minimum atomic E-state index is 0.0885. The fraction of sp³-hybridized carbons (Fsp3) is 0.914. The number of hydrogen-bond donors (Lipinski definition) is 0. The summed E-state index contributed by atoms with van der Waals surface area (Å²) in [6, 6.07) is 0. The highest BCUT2D eigenvalue weighted by molar-refractivity contribution is 5.70. The molecule has 0 heterocycles. The maximum Gasteiger partial charge on any atom is 0.306 e. The highest BCUT2D eigenvalue weighted by atomic mass is 16.5. The van der Waals surface area contributed by atoms with Crippen molar-refractivity contribution in [1.29, 1.82) is 0 Å². The van der Waals surface area contributed by atoms with E-state index in [-0.39, 0.29) is 12.1 Å². The predicted octanol–water partition coefficient (Wildman–Crippen LogP) is 10.2. The van der Waals surface area contributed by atoms with Gasteiger partial charge in [0.15, 0.2) is 0 Å². The Morgan fingerprint density at radius 3 is 2.49 bits per heavy atom. The number of carbonyl (C=O) groups excluding carboxylic acids is 1. The molecule has 7 atom stereocenters. The number of hydrogen-bond acceptors (Lipinski definition) is 2. The average Bonchev–Trinajstić information content (AvgIpc) is 3.23. The first kappa shape index (κ1) is 27.8. The summed E-state index contributed by atoms with van der Waals surface area (Å²) < 4.78 is 6.11. The lowest BCUT2D eigenvalue weighted by Crippen LogP contribution is -2.50. The van der Waals surface area contributed by atoms with Crippen LogP contribution in [0.5, 0.6) is 0 Å². The molecule has 0 amide bonds. The summed E-state index contributed by atoms with van der Waals surface area (Å²) in [7, 11) is 0. The van der Waals surface area contributed by atoms with E-state index in [2.05, 4.69) is 26.8 Å². The van der Waals surface area contributed by atoms with E-state index in [0.29, 0.717) is 23.2 Å². The summed E-state index contributed by atoms with van der Waals surface area (Å²) in [5.74, 6) is 4.34. The number of unbranched alkanes of at least 4 members (excludes halogenated alkanes) is 5. The zero-order valence-electron chi connectivity index (χ0n) is 24.7. The largest absolute Gasteiger partial charge is 0.462 e. The first-order valence-corrected chi connectivity index (χ1v) is 16.8. The van der Waals surface area contributed by atoms with Gasteiger partial charge >= 0.3 is 5.97 Å². The van der Waals surface area contributed by atoms with Crippen molar-refractivity contribution in [3.05, 3.63) is 11.6 Å². The van der Waals surface area contributed by atoms with Crippen LogP contribution < -0.4 is 0 Å². The van der Waals surface area contributed by atoms with Crippen molar-refractivity contribution in [2.45, 2.75) is 162 Å². The van der Waals surface area contributed by atoms with Crippen LogP contribution >= 0.6 is 0 Å².